The van der Waals surface area contributed by atoms with Crippen molar-refractivity contribution in [2.75, 3.05) is 78.0 Å². The summed E-state index contributed by atoms with van der Waals surface area (Å²) in [5.41, 5.74) is 1.13. The van der Waals surface area contributed by atoms with Crippen molar-refractivity contribution in [2.45, 2.75) is 12.5 Å². The van der Waals surface area contributed by atoms with E-state index in [-0.39, 0.29) is 42.5 Å². The molecular formula is C21H34ClIN6O2. The number of ether oxygens (including phenoxy) is 1. The zero-order valence-electron chi connectivity index (χ0n) is 18.3. The number of nitrogens with one attached hydrogen (secondary N) is 2. The number of hydrogen-bond donors (Lipinski definition) is 2. The highest BCUT2D eigenvalue weighted by molar-refractivity contribution is 14.0. The average molecular weight is 565 g/mol. The lowest BCUT2D eigenvalue weighted by Gasteiger charge is -2.27. The summed E-state index contributed by atoms with van der Waals surface area (Å²) in [6.45, 7) is 7.13. The predicted octanol–water partition coefficient (Wildman–Crippen LogP) is 1.49. The zero-order valence-corrected chi connectivity index (χ0v) is 21.4. The van der Waals surface area contributed by atoms with Crippen LogP contribution in [0.5, 0.6) is 0 Å². The van der Waals surface area contributed by atoms with E-state index in [1.807, 2.05) is 18.2 Å². The van der Waals surface area contributed by atoms with E-state index in [9.17, 15) is 4.79 Å². The standard InChI is InChI=1S/C21H33ClN6O2.HI/c1-26(2)20(29)15-24-21(23-7-9-27-10-12-30-13-11-27)25-18-6-8-28(16-18)19-5-3-4-17(22)14-19;/h3-5,14,18H,6-13,15-16H2,1-2H3,(H2,23,24,25);1H. The summed E-state index contributed by atoms with van der Waals surface area (Å²) >= 11 is 6.14. The Morgan fingerprint density at radius 1 is 1.29 bits per heavy atom. The van der Waals surface area contributed by atoms with E-state index in [1.165, 1.54) is 0 Å². The molecule has 2 saturated heterocycles. The lowest BCUT2D eigenvalue weighted by molar-refractivity contribution is -0.127. The van der Waals surface area contributed by atoms with Crippen LogP contribution in [0.3, 0.4) is 0 Å². The topological polar surface area (TPSA) is 72.4 Å². The molecule has 0 aromatic heterocycles. The second-order valence-corrected chi connectivity index (χ2v) is 8.33. The largest absolute Gasteiger partial charge is 0.379 e. The Morgan fingerprint density at radius 3 is 2.77 bits per heavy atom. The van der Waals surface area contributed by atoms with E-state index in [2.05, 4.69) is 31.5 Å². The minimum absolute atomic E-state index is 0. The van der Waals surface area contributed by atoms with Gasteiger partial charge in [-0.1, -0.05) is 17.7 Å². The van der Waals surface area contributed by atoms with Gasteiger partial charge in [-0.2, -0.15) is 0 Å². The normalized spacial score (nSPS) is 19.6. The second kappa shape index (κ2) is 13.3. The molecule has 2 aliphatic heterocycles. The fraction of sp³-hybridized carbons (Fsp3) is 0.619. The number of carbonyl (C=O) groups is 1. The molecular weight excluding hydrogens is 531 g/mol. The Kier molecular flexibility index (Phi) is 11.1. The first-order valence-corrected chi connectivity index (χ1v) is 10.9. The summed E-state index contributed by atoms with van der Waals surface area (Å²) in [4.78, 5) is 22.8. The minimum Gasteiger partial charge on any atom is -0.379 e. The summed E-state index contributed by atoms with van der Waals surface area (Å²) in [6.07, 6.45) is 0.998. The van der Waals surface area contributed by atoms with Gasteiger partial charge in [0.2, 0.25) is 5.91 Å². The van der Waals surface area contributed by atoms with Gasteiger partial charge in [0.1, 0.15) is 6.54 Å². The zero-order chi connectivity index (χ0) is 21.3. The van der Waals surface area contributed by atoms with Gasteiger partial charge in [-0.05, 0) is 24.6 Å². The number of hydrogen-bond acceptors (Lipinski definition) is 5. The van der Waals surface area contributed by atoms with Gasteiger partial charge >= 0.3 is 0 Å². The van der Waals surface area contributed by atoms with Crippen molar-refractivity contribution in [3.63, 3.8) is 0 Å². The molecule has 2 aliphatic rings. The number of amides is 1. The number of halogens is 2. The monoisotopic (exact) mass is 564 g/mol. The predicted molar refractivity (Wildman–Crippen MR) is 137 cm³/mol. The molecule has 2 fully saturated rings. The number of likely N-dealkylation sites (N-methyl/N-ethyl adjacent to an activating group) is 1. The van der Waals surface area contributed by atoms with E-state index in [4.69, 9.17) is 16.3 Å². The highest BCUT2D eigenvalue weighted by Gasteiger charge is 2.24. The van der Waals surface area contributed by atoms with Crippen LogP contribution < -0.4 is 15.5 Å². The van der Waals surface area contributed by atoms with Crippen molar-refractivity contribution in [1.82, 2.24) is 20.4 Å². The lowest BCUT2D eigenvalue weighted by Crippen LogP contribution is -2.48. The molecule has 1 aromatic carbocycles. The number of benzene rings is 1. The summed E-state index contributed by atoms with van der Waals surface area (Å²) in [6, 6.07) is 8.20. The van der Waals surface area contributed by atoms with Gasteiger partial charge in [-0.25, -0.2) is 4.99 Å². The van der Waals surface area contributed by atoms with Gasteiger partial charge in [0.25, 0.3) is 0 Å². The maximum absolute atomic E-state index is 12.0. The third-order valence-electron chi connectivity index (χ3n) is 5.40. The highest BCUT2D eigenvalue weighted by Crippen LogP contribution is 2.23. The number of anilines is 1. The van der Waals surface area contributed by atoms with Crippen molar-refractivity contribution in [1.29, 1.82) is 0 Å². The molecule has 174 valence electrons. The fourth-order valence-corrected chi connectivity index (χ4v) is 3.76. The van der Waals surface area contributed by atoms with Crippen LogP contribution in [0.1, 0.15) is 6.42 Å². The Bertz CT molecular complexity index is 730. The van der Waals surface area contributed by atoms with E-state index in [1.54, 1.807) is 19.0 Å². The molecule has 3 rings (SSSR count). The van der Waals surface area contributed by atoms with Gasteiger partial charge in [0.15, 0.2) is 5.96 Å². The van der Waals surface area contributed by atoms with Crippen molar-refractivity contribution < 1.29 is 9.53 Å². The molecule has 0 bridgehead atoms. The molecule has 1 atom stereocenters. The minimum atomic E-state index is -0.0174. The van der Waals surface area contributed by atoms with E-state index >= 15 is 0 Å². The van der Waals surface area contributed by atoms with E-state index < -0.39 is 0 Å². The number of aliphatic imine (C=N–C) groups is 1. The van der Waals surface area contributed by atoms with Gasteiger partial charge in [0, 0.05) is 70.1 Å². The lowest BCUT2D eigenvalue weighted by atomic mass is 10.2. The Morgan fingerprint density at radius 2 is 2.06 bits per heavy atom. The van der Waals surface area contributed by atoms with Crippen LogP contribution in [0.2, 0.25) is 5.02 Å². The van der Waals surface area contributed by atoms with Crippen molar-refractivity contribution in [3.8, 4) is 0 Å². The molecule has 1 amide bonds. The van der Waals surface area contributed by atoms with Gasteiger partial charge in [0.05, 0.1) is 13.2 Å². The number of guanidine groups is 1. The van der Waals surface area contributed by atoms with Crippen LogP contribution >= 0.6 is 35.6 Å². The van der Waals surface area contributed by atoms with Crippen LogP contribution in [-0.4, -0.2) is 101 Å². The van der Waals surface area contributed by atoms with Crippen LogP contribution in [0, 0.1) is 0 Å². The van der Waals surface area contributed by atoms with E-state index in [0.29, 0.717) is 5.96 Å². The quantitative estimate of drug-likeness (QED) is 0.297. The molecule has 31 heavy (non-hydrogen) atoms. The molecule has 0 radical (unpaired) electrons. The second-order valence-electron chi connectivity index (χ2n) is 7.89. The molecule has 2 N–H and O–H groups in total. The molecule has 10 heteroatoms. The smallest absolute Gasteiger partial charge is 0.243 e. The summed E-state index contributed by atoms with van der Waals surface area (Å²) < 4.78 is 5.40. The maximum Gasteiger partial charge on any atom is 0.243 e. The third-order valence-corrected chi connectivity index (χ3v) is 5.63. The fourth-order valence-electron chi connectivity index (χ4n) is 3.58. The molecule has 8 nitrogen and oxygen atoms in total. The Labute approximate surface area is 207 Å². The third kappa shape index (κ3) is 8.63. The van der Waals surface area contributed by atoms with Crippen LogP contribution in [-0.2, 0) is 9.53 Å². The van der Waals surface area contributed by atoms with Crippen LogP contribution in [0.25, 0.3) is 0 Å². The number of carbonyl (C=O) groups excluding carboxylic acids is 1. The van der Waals surface area contributed by atoms with Crippen molar-refractivity contribution >= 4 is 53.1 Å². The summed E-state index contributed by atoms with van der Waals surface area (Å²) in [7, 11) is 3.49. The molecule has 0 saturated carbocycles. The SMILES string of the molecule is CN(C)C(=O)CN=C(NCCN1CCOCC1)NC1CCN(c2cccc(Cl)c2)C1.I. The summed E-state index contributed by atoms with van der Waals surface area (Å²) in [5, 5.41) is 7.66. The Hall–Kier alpha value is -1.30. The van der Waals surface area contributed by atoms with Crippen LogP contribution in [0.4, 0.5) is 5.69 Å². The Balaban J connectivity index is 0.00000341. The maximum atomic E-state index is 12.0. The first-order chi connectivity index (χ1) is 14.5. The van der Waals surface area contributed by atoms with Crippen LogP contribution in [0.15, 0.2) is 29.3 Å². The number of nitrogens with zero attached hydrogens (tertiary/aromatic N) is 4. The van der Waals surface area contributed by atoms with Gasteiger partial charge < -0.3 is 25.2 Å². The average Bonchev–Trinajstić information content (AvgIpc) is 3.21. The van der Waals surface area contributed by atoms with E-state index in [0.717, 1.165) is 69.6 Å². The molecule has 0 spiro atoms. The summed E-state index contributed by atoms with van der Waals surface area (Å²) in [5.74, 6) is 0.674. The van der Waals surface area contributed by atoms with Gasteiger partial charge in [-0.15, -0.1) is 24.0 Å². The van der Waals surface area contributed by atoms with Gasteiger partial charge in [-0.3, -0.25) is 9.69 Å². The highest BCUT2D eigenvalue weighted by atomic mass is 127. The number of morpholine rings is 1. The first kappa shape index (κ1) is 26.0. The molecule has 1 unspecified atom stereocenters. The number of rotatable bonds is 7. The van der Waals surface area contributed by atoms with Crippen molar-refractivity contribution in [2.24, 2.45) is 4.99 Å². The molecule has 0 aliphatic carbocycles. The first-order valence-electron chi connectivity index (χ1n) is 10.6. The molecule has 1 aromatic rings. The van der Waals surface area contributed by atoms with Crippen molar-refractivity contribution in [3.05, 3.63) is 29.3 Å². The molecule has 2 heterocycles.